The van der Waals surface area contributed by atoms with Gasteiger partial charge in [0.2, 0.25) is 4.96 Å². The second kappa shape index (κ2) is 7.61. The minimum absolute atomic E-state index is 0.0467. The Bertz CT molecular complexity index is 1790. The topological polar surface area (TPSA) is 90.4 Å². The highest BCUT2D eigenvalue weighted by Crippen LogP contribution is 2.30. The summed E-state index contributed by atoms with van der Waals surface area (Å²) in [4.78, 5) is 40.1. The Morgan fingerprint density at radius 3 is 2.09 bits per heavy atom. The quantitative estimate of drug-likeness (QED) is 0.410. The van der Waals surface area contributed by atoms with E-state index in [9.17, 15) is 9.59 Å². The standard InChI is InChI=1S/C25H14N4O3S/c30-23-21-22(29-24(31)18(33-25(29)28-23)14-17-12-7-13-32-17)27-20(16-10-5-2-6-11-16)19(26-21)15-8-3-1-4-9-15/h1-14H/b18-14-. The zero-order valence-electron chi connectivity index (χ0n) is 17.0. The number of fused-ring (bicyclic) bond motifs is 3. The van der Waals surface area contributed by atoms with Gasteiger partial charge in [-0.1, -0.05) is 72.0 Å². The lowest BCUT2D eigenvalue weighted by molar-refractivity contribution is 0.556. The van der Waals surface area contributed by atoms with Crippen LogP contribution in [0, 0.1) is 0 Å². The van der Waals surface area contributed by atoms with Crippen LogP contribution in [0.4, 0.5) is 0 Å². The van der Waals surface area contributed by atoms with Gasteiger partial charge in [0, 0.05) is 17.2 Å². The van der Waals surface area contributed by atoms with Gasteiger partial charge in [0.25, 0.3) is 5.56 Å². The van der Waals surface area contributed by atoms with Gasteiger partial charge in [-0.15, -0.1) is 0 Å². The zero-order chi connectivity index (χ0) is 22.4. The van der Waals surface area contributed by atoms with E-state index in [-0.39, 0.29) is 21.7 Å². The molecule has 0 atom stereocenters. The first kappa shape index (κ1) is 19.3. The second-order valence-corrected chi connectivity index (χ2v) is 8.30. The molecule has 0 aliphatic heterocycles. The Morgan fingerprint density at radius 1 is 0.788 bits per heavy atom. The minimum atomic E-state index is -0.528. The van der Waals surface area contributed by atoms with Gasteiger partial charge < -0.3 is 4.42 Å². The van der Waals surface area contributed by atoms with Crippen molar-refractivity contribution in [1.29, 1.82) is 0 Å². The molecule has 6 rings (SSSR count). The first-order valence-corrected chi connectivity index (χ1v) is 10.9. The molecule has 4 heterocycles. The Morgan fingerprint density at radius 2 is 1.45 bits per heavy atom. The van der Waals surface area contributed by atoms with E-state index in [1.54, 1.807) is 18.2 Å². The first-order chi connectivity index (χ1) is 16.2. The molecule has 33 heavy (non-hydrogen) atoms. The van der Waals surface area contributed by atoms with Gasteiger partial charge >= 0.3 is 5.56 Å². The molecule has 0 amide bonds. The maximum atomic E-state index is 13.3. The number of furan rings is 1. The number of benzene rings is 2. The van der Waals surface area contributed by atoms with Crippen molar-refractivity contribution in [3.8, 4) is 22.5 Å². The molecule has 4 aromatic heterocycles. The van der Waals surface area contributed by atoms with E-state index in [0.717, 1.165) is 22.5 Å². The molecule has 0 unspecified atom stereocenters. The van der Waals surface area contributed by atoms with Crippen LogP contribution in [0.1, 0.15) is 5.76 Å². The summed E-state index contributed by atoms with van der Waals surface area (Å²) in [5.41, 5.74) is 2.15. The molecule has 6 aromatic rings. The fourth-order valence-electron chi connectivity index (χ4n) is 3.70. The number of hydrogen-bond donors (Lipinski definition) is 0. The lowest BCUT2D eigenvalue weighted by Crippen LogP contribution is -2.25. The lowest BCUT2D eigenvalue weighted by Gasteiger charge is -2.10. The van der Waals surface area contributed by atoms with Gasteiger partial charge in [-0.25, -0.2) is 14.4 Å². The number of hydrogen-bond acceptors (Lipinski definition) is 7. The van der Waals surface area contributed by atoms with E-state index in [0.29, 0.717) is 21.7 Å². The molecule has 2 aromatic carbocycles. The van der Waals surface area contributed by atoms with Gasteiger partial charge in [-0.2, -0.15) is 4.98 Å². The second-order valence-electron chi connectivity index (χ2n) is 7.29. The third kappa shape index (κ3) is 3.24. The summed E-state index contributed by atoms with van der Waals surface area (Å²) in [5.74, 6) is 0.535. The fraction of sp³-hybridized carbons (Fsp3) is 0. The SMILES string of the molecule is O=c1nc2s/c(=C\c3ccco3)c(=O)n2c2nc(-c3ccccc3)c(-c3ccccc3)nc12. The van der Waals surface area contributed by atoms with Crippen molar-refractivity contribution in [2.24, 2.45) is 0 Å². The third-order valence-corrected chi connectivity index (χ3v) is 6.18. The molecule has 0 saturated carbocycles. The summed E-state index contributed by atoms with van der Waals surface area (Å²) >= 11 is 1.11. The molecule has 158 valence electrons. The first-order valence-electron chi connectivity index (χ1n) is 10.1. The Labute approximate surface area is 190 Å². The van der Waals surface area contributed by atoms with Crippen LogP contribution in [0.2, 0.25) is 0 Å². The lowest BCUT2D eigenvalue weighted by atomic mass is 10.0. The summed E-state index contributed by atoms with van der Waals surface area (Å²) in [6.07, 6.45) is 3.16. The molecule has 7 nitrogen and oxygen atoms in total. The van der Waals surface area contributed by atoms with Crippen LogP contribution in [0.5, 0.6) is 0 Å². The summed E-state index contributed by atoms with van der Waals surface area (Å²) in [5, 5.41) is 0. The molecule has 0 aliphatic carbocycles. The summed E-state index contributed by atoms with van der Waals surface area (Å²) in [6.45, 7) is 0. The summed E-state index contributed by atoms with van der Waals surface area (Å²) in [6, 6.07) is 22.6. The normalized spacial score (nSPS) is 12.1. The molecular formula is C25H14N4O3S. The van der Waals surface area contributed by atoms with E-state index in [4.69, 9.17) is 9.40 Å². The van der Waals surface area contributed by atoms with Gasteiger partial charge in [-0.3, -0.25) is 9.59 Å². The average Bonchev–Trinajstić information content (AvgIpc) is 3.47. The average molecular weight is 450 g/mol. The predicted molar refractivity (Wildman–Crippen MR) is 127 cm³/mol. The number of thiazole rings is 1. The Balaban J connectivity index is 1.74. The molecule has 0 radical (unpaired) electrons. The van der Waals surface area contributed by atoms with E-state index >= 15 is 0 Å². The number of rotatable bonds is 3. The maximum Gasteiger partial charge on any atom is 0.302 e. The molecule has 0 bridgehead atoms. The van der Waals surface area contributed by atoms with Crippen LogP contribution in [0.15, 0.2) is 93.1 Å². The van der Waals surface area contributed by atoms with Crippen LogP contribution in [0.25, 0.3) is 44.7 Å². The monoisotopic (exact) mass is 450 g/mol. The van der Waals surface area contributed by atoms with Crippen molar-refractivity contribution in [2.45, 2.75) is 0 Å². The molecule has 0 fully saturated rings. The highest BCUT2D eigenvalue weighted by molar-refractivity contribution is 7.15. The van der Waals surface area contributed by atoms with Gasteiger partial charge in [-0.05, 0) is 12.1 Å². The Hall–Kier alpha value is -4.43. The summed E-state index contributed by atoms with van der Waals surface area (Å²) in [7, 11) is 0. The molecule has 0 aliphatic rings. The van der Waals surface area contributed by atoms with Crippen LogP contribution >= 0.6 is 11.3 Å². The van der Waals surface area contributed by atoms with Crippen molar-refractivity contribution < 1.29 is 4.42 Å². The van der Waals surface area contributed by atoms with Gasteiger partial charge in [0.15, 0.2) is 11.2 Å². The van der Waals surface area contributed by atoms with Gasteiger partial charge in [0.05, 0.1) is 17.7 Å². The van der Waals surface area contributed by atoms with Crippen molar-refractivity contribution in [3.63, 3.8) is 0 Å². The van der Waals surface area contributed by atoms with Crippen molar-refractivity contribution >= 4 is 33.5 Å². The molecule has 0 saturated heterocycles. The number of aromatic nitrogens is 4. The largest absolute Gasteiger partial charge is 0.465 e. The molecule has 0 spiro atoms. The fourth-order valence-corrected chi connectivity index (χ4v) is 4.64. The highest BCUT2D eigenvalue weighted by atomic mass is 32.1. The van der Waals surface area contributed by atoms with Crippen LogP contribution in [-0.2, 0) is 0 Å². The highest BCUT2D eigenvalue weighted by Gasteiger charge is 2.19. The third-order valence-electron chi connectivity index (χ3n) is 5.21. The van der Waals surface area contributed by atoms with Crippen molar-refractivity contribution in [2.75, 3.05) is 0 Å². The van der Waals surface area contributed by atoms with Gasteiger partial charge in [0.1, 0.15) is 10.3 Å². The Kier molecular flexibility index (Phi) is 4.44. The minimum Gasteiger partial charge on any atom is -0.465 e. The van der Waals surface area contributed by atoms with E-state index < -0.39 is 5.56 Å². The molecular weight excluding hydrogens is 436 g/mol. The van der Waals surface area contributed by atoms with Crippen molar-refractivity contribution in [3.05, 3.63) is 110 Å². The zero-order valence-corrected chi connectivity index (χ0v) is 17.8. The smallest absolute Gasteiger partial charge is 0.302 e. The maximum absolute atomic E-state index is 13.3. The van der Waals surface area contributed by atoms with Crippen LogP contribution in [0.3, 0.4) is 0 Å². The number of nitrogens with zero attached hydrogens (tertiary/aromatic N) is 4. The van der Waals surface area contributed by atoms with Crippen LogP contribution < -0.4 is 15.7 Å². The van der Waals surface area contributed by atoms with Crippen molar-refractivity contribution in [1.82, 2.24) is 19.4 Å². The summed E-state index contributed by atoms with van der Waals surface area (Å²) < 4.78 is 7.07. The van der Waals surface area contributed by atoms with E-state index in [1.807, 2.05) is 60.7 Å². The predicted octanol–water partition coefficient (Wildman–Crippen LogP) is 3.53. The molecule has 8 heteroatoms. The van der Waals surface area contributed by atoms with Crippen LogP contribution in [-0.4, -0.2) is 19.4 Å². The van der Waals surface area contributed by atoms with E-state index in [1.165, 1.54) is 10.7 Å². The molecule has 0 N–H and O–H groups in total. The van der Waals surface area contributed by atoms with E-state index in [2.05, 4.69) is 9.97 Å².